The van der Waals surface area contributed by atoms with Crippen LogP contribution in [0.15, 0.2) is 24.3 Å². The van der Waals surface area contributed by atoms with Crippen molar-refractivity contribution in [2.45, 2.75) is 31.8 Å². The Hall–Kier alpha value is -1.55. The Morgan fingerprint density at radius 3 is 2.70 bits per heavy atom. The van der Waals surface area contributed by atoms with E-state index in [0.717, 1.165) is 31.4 Å². The summed E-state index contributed by atoms with van der Waals surface area (Å²) in [5.41, 5.74) is 0.905. The van der Waals surface area contributed by atoms with E-state index in [-0.39, 0.29) is 18.2 Å². The molecule has 1 heterocycles. The molecule has 2 aliphatic rings. The van der Waals surface area contributed by atoms with Crippen LogP contribution in [0.3, 0.4) is 0 Å². The van der Waals surface area contributed by atoms with Gasteiger partial charge in [-0.05, 0) is 38.3 Å². The van der Waals surface area contributed by atoms with Crippen LogP contribution >= 0.6 is 0 Å². The minimum atomic E-state index is -0.282. The van der Waals surface area contributed by atoms with Crippen LogP contribution in [0.5, 0.6) is 5.75 Å². The van der Waals surface area contributed by atoms with Crippen LogP contribution in [-0.2, 0) is 14.3 Å². The predicted octanol–water partition coefficient (Wildman–Crippen LogP) is 2.49. The number of carbonyl (C=O) groups is 1. The lowest BCUT2D eigenvalue weighted by molar-refractivity contribution is -0.157. The van der Waals surface area contributed by atoms with Gasteiger partial charge in [-0.3, -0.25) is 0 Å². The molecule has 1 saturated carbocycles. The quantitative estimate of drug-likeness (QED) is 0.775. The first-order valence-corrected chi connectivity index (χ1v) is 7.17. The number of hydrogen-bond donors (Lipinski definition) is 0. The number of aryl methyl sites for hydroxylation is 1. The lowest BCUT2D eigenvalue weighted by Gasteiger charge is -2.22. The number of carbonyl (C=O) groups excluding carboxylic acids is 1. The molecule has 1 saturated heterocycles. The molecule has 3 rings (SSSR count). The number of ether oxygens (including phenoxy) is 3. The van der Waals surface area contributed by atoms with Gasteiger partial charge in [-0.15, -0.1) is 0 Å². The van der Waals surface area contributed by atoms with Crippen molar-refractivity contribution in [3.63, 3.8) is 0 Å². The van der Waals surface area contributed by atoms with Crippen molar-refractivity contribution in [1.82, 2.24) is 0 Å². The topological polar surface area (TPSA) is 44.8 Å². The van der Waals surface area contributed by atoms with Crippen LogP contribution in [0.4, 0.5) is 0 Å². The van der Waals surface area contributed by atoms with Crippen LogP contribution in [0.1, 0.15) is 24.8 Å². The molecule has 0 spiro atoms. The molecule has 0 aromatic heterocycles. The summed E-state index contributed by atoms with van der Waals surface area (Å²) in [7, 11) is 0. The largest absolute Gasteiger partial charge is 0.482 e. The smallest absolute Gasteiger partial charge is 0.344 e. The third kappa shape index (κ3) is 2.96. The monoisotopic (exact) mass is 276 g/mol. The van der Waals surface area contributed by atoms with E-state index in [1.54, 1.807) is 0 Å². The average Bonchev–Trinajstić information content (AvgIpc) is 3.01. The fourth-order valence-electron chi connectivity index (χ4n) is 2.70. The van der Waals surface area contributed by atoms with E-state index >= 15 is 0 Å². The SMILES string of the molecule is Cc1ccc(OCC(=O)OC2([C@H]3CCOC3)CC2)cc1. The van der Waals surface area contributed by atoms with Crippen LogP contribution in [0.2, 0.25) is 0 Å². The number of rotatable bonds is 5. The van der Waals surface area contributed by atoms with Crippen molar-refractivity contribution < 1.29 is 19.0 Å². The van der Waals surface area contributed by atoms with E-state index < -0.39 is 0 Å². The summed E-state index contributed by atoms with van der Waals surface area (Å²) in [5, 5.41) is 0. The molecule has 1 aliphatic carbocycles. The standard InChI is InChI=1S/C16H20O4/c1-12-2-4-14(5-3-12)19-11-15(17)20-16(7-8-16)13-6-9-18-10-13/h2-5,13H,6-11H2,1H3/t13-/m0/s1. The summed E-state index contributed by atoms with van der Waals surface area (Å²) in [4.78, 5) is 11.9. The summed E-state index contributed by atoms with van der Waals surface area (Å²) in [5.74, 6) is 0.780. The molecule has 0 amide bonds. The molecular weight excluding hydrogens is 256 g/mol. The van der Waals surface area contributed by atoms with Crippen LogP contribution in [0.25, 0.3) is 0 Å². The van der Waals surface area contributed by atoms with Crippen molar-refractivity contribution in [3.05, 3.63) is 29.8 Å². The van der Waals surface area contributed by atoms with E-state index in [0.29, 0.717) is 18.3 Å². The Bertz CT molecular complexity index is 470. The Balaban J connectivity index is 1.49. The maximum absolute atomic E-state index is 11.9. The van der Waals surface area contributed by atoms with Crippen molar-refractivity contribution in [2.75, 3.05) is 19.8 Å². The van der Waals surface area contributed by atoms with Crippen molar-refractivity contribution in [1.29, 1.82) is 0 Å². The minimum Gasteiger partial charge on any atom is -0.482 e. The van der Waals surface area contributed by atoms with Gasteiger partial charge >= 0.3 is 5.97 Å². The fourth-order valence-corrected chi connectivity index (χ4v) is 2.70. The second-order valence-electron chi connectivity index (χ2n) is 5.70. The molecule has 0 N–H and O–H groups in total. The summed E-state index contributed by atoms with van der Waals surface area (Å²) in [6, 6.07) is 7.64. The summed E-state index contributed by atoms with van der Waals surface area (Å²) in [6.07, 6.45) is 2.90. The third-order valence-electron chi connectivity index (χ3n) is 4.11. The van der Waals surface area contributed by atoms with E-state index in [9.17, 15) is 4.79 Å². The van der Waals surface area contributed by atoms with Gasteiger partial charge in [-0.25, -0.2) is 4.79 Å². The summed E-state index contributed by atoms with van der Waals surface area (Å²) in [6.45, 7) is 3.48. The molecule has 1 aromatic carbocycles. The first-order chi connectivity index (χ1) is 9.68. The van der Waals surface area contributed by atoms with Crippen LogP contribution in [0, 0.1) is 12.8 Å². The van der Waals surface area contributed by atoms with Gasteiger partial charge in [-0.2, -0.15) is 0 Å². The van der Waals surface area contributed by atoms with Gasteiger partial charge in [-0.1, -0.05) is 17.7 Å². The molecule has 1 atom stereocenters. The normalized spacial score (nSPS) is 23.4. The van der Waals surface area contributed by atoms with Gasteiger partial charge in [0.1, 0.15) is 11.4 Å². The predicted molar refractivity (Wildman–Crippen MR) is 73.7 cm³/mol. The van der Waals surface area contributed by atoms with E-state index in [1.807, 2.05) is 31.2 Å². The Morgan fingerprint density at radius 1 is 1.35 bits per heavy atom. The molecule has 20 heavy (non-hydrogen) atoms. The van der Waals surface area contributed by atoms with Crippen molar-refractivity contribution in [2.24, 2.45) is 5.92 Å². The highest BCUT2D eigenvalue weighted by Crippen LogP contribution is 2.49. The van der Waals surface area contributed by atoms with Crippen LogP contribution in [-0.4, -0.2) is 31.4 Å². The van der Waals surface area contributed by atoms with E-state index in [1.165, 1.54) is 0 Å². The van der Waals surface area contributed by atoms with E-state index in [2.05, 4.69) is 0 Å². The molecular formula is C16H20O4. The maximum atomic E-state index is 11.9. The second-order valence-corrected chi connectivity index (χ2v) is 5.70. The lowest BCUT2D eigenvalue weighted by Crippen LogP contribution is -2.31. The molecule has 0 bridgehead atoms. The van der Waals surface area contributed by atoms with Crippen LogP contribution < -0.4 is 4.74 Å². The molecule has 1 aromatic rings. The summed E-state index contributed by atoms with van der Waals surface area (Å²) >= 11 is 0. The highest BCUT2D eigenvalue weighted by molar-refractivity contribution is 5.72. The molecule has 1 aliphatic heterocycles. The zero-order valence-corrected chi connectivity index (χ0v) is 11.8. The Morgan fingerprint density at radius 2 is 2.10 bits per heavy atom. The number of esters is 1. The van der Waals surface area contributed by atoms with Gasteiger partial charge in [0, 0.05) is 12.5 Å². The van der Waals surface area contributed by atoms with Gasteiger partial charge < -0.3 is 14.2 Å². The van der Waals surface area contributed by atoms with Gasteiger partial charge in [0.15, 0.2) is 6.61 Å². The number of hydrogen-bond acceptors (Lipinski definition) is 4. The highest BCUT2D eigenvalue weighted by atomic mass is 16.6. The fraction of sp³-hybridized carbons (Fsp3) is 0.562. The zero-order chi connectivity index (χ0) is 14.0. The summed E-state index contributed by atoms with van der Waals surface area (Å²) < 4.78 is 16.5. The Kier molecular flexibility index (Phi) is 3.66. The molecule has 4 heteroatoms. The molecule has 2 fully saturated rings. The van der Waals surface area contributed by atoms with Gasteiger partial charge in [0.2, 0.25) is 0 Å². The third-order valence-corrected chi connectivity index (χ3v) is 4.11. The lowest BCUT2D eigenvalue weighted by atomic mass is 9.99. The van der Waals surface area contributed by atoms with Crippen molar-refractivity contribution >= 4 is 5.97 Å². The molecule has 0 radical (unpaired) electrons. The van der Waals surface area contributed by atoms with E-state index in [4.69, 9.17) is 14.2 Å². The Labute approximate surface area is 119 Å². The minimum absolute atomic E-state index is 0.0294. The second kappa shape index (κ2) is 5.44. The molecule has 4 nitrogen and oxygen atoms in total. The number of benzene rings is 1. The first kappa shape index (κ1) is 13.4. The highest BCUT2D eigenvalue weighted by Gasteiger charge is 2.54. The van der Waals surface area contributed by atoms with Gasteiger partial charge in [0.25, 0.3) is 0 Å². The zero-order valence-electron chi connectivity index (χ0n) is 11.8. The maximum Gasteiger partial charge on any atom is 0.344 e. The average molecular weight is 276 g/mol. The first-order valence-electron chi connectivity index (χ1n) is 7.17. The van der Waals surface area contributed by atoms with Gasteiger partial charge in [0.05, 0.1) is 6.61 Å². The van der Waals surface area contributed by atoms with Crippen molar-refractivity contribution in [3.8, 4) is 5.75 Å². The molecule has 0 unspecified atom stereocenters. The molecule has 108 valence electrons.